The van der Waals surface area contributed by atoms with E-state index in [1.54, 1.807) is 0 Å². The molecule has 0 fully saturated rings. The van der Waals surface area contributed by atoms with Crippen LogP contribution >= 0.6 is 0 Å². The molecule has 0 aliphatic carbocycles. The molecule has 66 valence electrons. The molecular formula is C8H18N2O. The van der Waals surface area contributed by atoms with Gasteiger partial charge in [-0.05, 0) is 13.3 Å². The van der Waals surface area contributed by atoms with E-state index < -0.39 is 6.10 Å². The van der Waals surface area contributed by atoms with Gasteiger partial charge in [-0.3, -0.25) is 4.99 Å². The first kappa shape index (κ1) is 10.4. The maximum Gasteiger partial charge on any atom is 0.128 e. The van der Waals surface area contributed by atoms with Crippen LogP contribution in [0.3, 0.4) is 0 Å². The van der Waals surface area contributed by atoms with Crippen LogP contribution in [-0.4, -0.2) is 42.6 Å². The Labute approximate surface area is 68.7 Å². The highest BCUT2D eigenvalue weighted by Gasteiger charge is 2.10. The number of aliphatic hydroxyl groups excluding tert-OH is 1. The zero-order valence-electron chi connectivity index (χ0n) is 7.83. The Bertz CT molecular complexity index is 132. The van der Waals surface area contributed by atoms with E-state index in [1.807, 2.05) is 32.8 Å². The van der Waals surface area contributed by atoms with Gasteiger partial charge in [-0.15, -0.1) is 0 Å². The third-order valence-corrected chi connectivity index (χ3v) is 1.46. The van der Waals surface area contributed by atoms with E-state index in [4.69, 9.17) is 0 Å². The summed E-state index contributed by atoms with van der Waals surface area (Å²) in [5.74, 6) is 0.773. The predicted octanol–water partition coefficient (Wildman–Crippen LogP) is 0.737. The van der Waals surface area contributed by atoms with E-state index in [9.17, 15) is 5.11 Å². The largest absolute Gasteiger partial charge is 0.385 e. The maximum absolute atomic E-state index is 9.45. The molecule has 0 aliphatic rings. The minimum Gasteiger partial charge on any atom is -0.385 e. The first-order valence-corrected chi connectivity index (χ1v) is 4.03. The minimum atomic E-state index is -0.412. The van der Waals surface area contributed by atoms with Crippen molar-refractivity contribution in [1.82, 2.24) is 4.90 Å². The Morgan fingerprint density at radius 3 is 2.27 bits per heavy atom. The average Bonchev–Trinajstić information content (AvgIpc) is 1.98. The first-order chi connectivity index (χ1) is 5.13. The number of hydrogen-bond acceptors (Lipinski definition) is 2. The summed E-state index contributed by atoms with van der Waals surface area (Å²) in [5.41, 5.74) is 0. The molecular weight excluding hydrogens is 140 g/mol. The van der Waals surface area contributed by atoms with Crippen LogP contribution in [0.4, 0.5) is 0 Å². The minimum absolute atomic E-state index is 0.412. The first-order valence-electron chi connectivity index (χ1n) is 4.03. The van der Waals surface area contributed by atoms with Crippen molar-refractivity contribution in [3.05, 3.63) is 0 Å². The van der Waals surface area contributed by atoms with Gasteiger partial charge in [0.1, 0.15) is 11.9 Å². The van der Waals surface area contributed by atoms with Crippen LogP contribution in [0.15, 0.2) is 4.99 Å². The van der Waals surface area contributed by atoms with Crippen molar-refractivity contribution in [3.63, 3.8) is 0 Å². The van der Waals surface area contributed by atoms with Gasteiger partial charge in [-0.1, -0.05) is 6.92 Å². The van der Waals surface area contributed by atoms with E-state index in [0.29, 0.717) is 0 Å². The van der Waals surface area contributed by atoms with Crippen molar-refractivity contribution in [1.29, 1.82) is 0 Å². The van der Waals surface area contributed by atoms with Crippen molar-refractivity contribution in [2.75, 3.05) is 20.6 Å². The van der Waals surface area contributed by atoms with Gasteiger partial charge in [0.2, 0.25) is 0 Å². The Morgan fingerprint density at radius 2 is 2.00 bits per heavy atom. The lowest BCUT2D eigenvalue weighted by molar-refractivity contribution is 0.223. The van der Waals surface area contributed by atoms with E-state index in [0.717, 1.165) is 18.8 Å². The van der Waals surface area contributed by atoms with Gasteiger partial charge in [-0.25, -0.2) is 0 Å². The zero-order valence-corrected chi connectivity index (χ0v) is 7.83. The zero-order chi connectivity index (χ0) is 8.85. The van der Waals surface area contributed by atoms with Gasteiger partial charge in [0.05, 0.1) is 0 Å². The second kappa shape index (κ2) is 5.13. The van der Waals surface area contributed by atoms with Gasteiger partial charge >= 0.3 is 0 Å². The van der Waals surface area contributed by atoms with Gasteiger partial charge in [0, 0.05) is 20.6 Å². The number of hydrogen-bond donors (Lipinski definition) is 1. The fraction of sp³-hybridized carbons (Fsp3) is 0.875. The lowest BCUT2D eigenvalue weighted by Gasteiger charge is -2.19. The van der Waals surface area contributed by atoms with E-state index in [2.05, 4.69) is 4.99 Å². The quantitative estimate of drug-likeness (QED) is 0.485. The number of rotatable bonds is 3. The molecule has 11 heavy (non-hydrogen) atoms. The van der Waals surface area contributed by atoms with Crippen molar-refractivity contribution in [2.45, 2.75) is 26.4 Å². The van der Waals surface area contributed by atoms with E-state index in [-0.39, 0.29) is 0 Å². The molecule has 1 atom stereocenters. The fourth-order valence-electron chi connectivity index (χ4n) is 0.889. The number of amidine groups is 1. The Morgan fingerprint density at radius 1 is 1.45 bits per heavy atom. The summed E-state index contributed by atoms with van der Waals surface area (Å²) in [6, 6.07) is 0. The molecule has 0 aromatic carbocycles. The van der Waals surface area contributed by atoms with Gasteiger partial charge in [0.15, 0.2) is 0 Å². The maximum atomic E-state index is 9.45. The number of nitrogens with zero attached hydrogens (tertiary/aromatic N) is 2. The molecule has 0 saturated heterocycles. The van der Waals surface area contributed by atoms with Crippen LogP contribution in [-0.2, 0) is 0 Å². The molecule has 0 heterocycles. The van der Waals surface area contributed by atoms with Crippen LogP contribution in [0.25, 0.3) is 0 Å². The van der Waals surface area contributed by atoms with Crippen LogP contribution < -0.4 is 0 Å². The molecule has 0 saturated carbocycles. The smallest absolute Gasteiger partial charge is 0.128 e. The summed E-state index contributed by atoms with van der Waals surface area (Å²) in [6.45, 7) is 4.63. The summed E-state index contributed by atoms with van der Waals surface area (Å²) >= 11 is 0. The predicted molar refractivity (Wildman–Crippen MR) is 48.0 cm³/mol. The molecule has 0 rings (SSSR count). The summed E-state index contributed by atoms with van der Waals surface area (Å²) in [6.07, 6.45) is 0.307. The summed E-state index contributed by atoms with van der Waals surface area (Å²) in [5, 5.41) is 9.45. The van der Waals surface area contributed by atoms with Crippen LogP contribution in [0.5, 0.6) is 0 Å². The van der Waals surface area contributed by atoms with Crippen molar-refractivity contribution < 1.29 is 5.11 Å². The van der Waals surface area contributed by atoms with Crippen molar-refractivity contribution in [2.24, 2.45) is 4.99 Å². The topological polar surface area (TPSA) is 35.8 Å². The van der Waals surface area contributed by atoms with Gasteiger partial charge < -0.3 is 10.0 Å². The summed E-state index contributed by atoms with van der Waals surface area (Å²) in [7, 11) is 3.79. The monoisotopic (exact) mass is 158 g/mol. The number of aliphatic hydroxyl groups is 1. The molecule has 0 radical (unpaired) electrons. The van der Waals surface area contributed by atoms with Crippen LogP contribution in [0.1, 0.15) is 20.3 Å². The second-order valence-electron chi connectivity index (χ2n) is 2.65. The van der Waals surface area contributed by atoms with Crippen molar-refractivity contribution >= 4 is 5.84 Å². The van der Waals surface area contributed by atoms with Gasteiger partial charge in [0.25, 0.3) is 0 Å². The summed E-state index contributed by atoms with van der Waals surface area (Å²) in [4.78, 5) is 6.05. The van der Waals surface area contributed by atoms with E-state index >= 15 is 0 Å². The molecule has 0 aromatic heterocycles. The standard InChI is InChI=1S/C8H18N2O/c1-5-7(11)8(9-6-2)10(3)4/h7,11H,5-6H2,1-4H3. The lowest BCUT2D eigenvalue weighted by Crippen LogP contribution is -2.33. The highest BCUT2D eigenvalue weighted by atomic mass is 16.3. The molecule has 0 spiro atoms. The molecule has 1 unspecified atom stereocenters. The van der Waals surface area contributed by atoms with Crippen LogP contribution in [0, 0.1) is 0 Å². The molecule has 3 heteroatoms. The Balaban J connectivity index is 4.21. The molecule has 0 amide bonds. The Hall–Kier alpha value is -0.570. The number of aliphatic imine (C=N–C) groups is 1. The molecule has 0 aliphatic heterocycles. The Kier molecular flexibility index (Phi) is 4.86. The molecule has 0 aromatic rings. The molecule has 0 bridgehead atoms. The molecule has 3 nitrogen and oxygen atoms in total. The third kappa shape index (κ3) is 3.37. The normalized spacial score (nSPS) is 14.8. The van der Waals surface area contributed by atoms with E-state index in [1.165, 1.54) is 0 Å². The highest BCUT2D eigenvalue weighted by Crippen LogP contribution is 1.97. The average molecular weight is 158 g/mol. The summed E-state index contributed by atoms with van der Waals surface area (Å²) < 4.78 is 0. The molecule has 1 N–H and O–H groups in total. The van der Waals surface area contributed by atoms with Gasteiger partial charge in [-0.2, -0.15) is 0 Å². The second-order valence-corrected chi connectivity index (χ2v) is 2.65. The van der Waals surface area contributed by atoms with Crippen molar-refractivity contribution in [3.8, 4) is 0 Å². The third-order valence-electron chi connectivity index (χ3n) is 1.46. The SMILES string of the molecule is CCN=C(C(O)CC)N(C)C. The number of likely N-dealkylation sites (N-methyl/N-ethyl adjacent to an activating group) is 1. The fourth-order valence-corrected chi connectivity index (χ4v) is 0.889. The lowest BCUT2D eigenvalue weighted by atomic mass is 10.2. The van der Waals surface area contributed by atoms with Crippen LogP contribution in [0.2, 0.25) is 0 Å². The highest BCUT2D eigenvalue weighted by molar-refractivity contribution is 5.85.